The summed E-state index contributed by atoms with van der Waals surface area (Å²) in [5.74, 6) is 0.271. The number of aromatic nitrogens is 1. The van der Waals surface area contributed by atoms with Crippen molar-refractivity contribution in [3.05, 3.63) is 47.5 Å². The van der Waals surface area contributed by atoms with Gasteiger partial charge in [-0.05, 0) is 48.6 Å². The second-order valence-corrected chi connectivity index (χ2v) is 4.47. The largest absolute Gasteiger partial charge is 0.387 e. The predicted molar refractivity (Wildman–Crippen MR) is 79.2 cm³/mol. The number of ether oxygens (including phenoxy) is 1. The monoisotopic (exact) mass is 284 g/mol. The Labute approximate surface area is 124 Å². The third kappa shape index (κ3) is 2.87. The van der Waals surface area contributed by atoms with Crippen molar-refractivity contribution in [2.45, 2.75) is 33.1 Å². The number of hydrogen-bond donors (Lipinski definition) is 0. The summed E-state index contributed by atoms with van der Waals surface area (Å²) in [6, 6.07) is 5.01. The van der Waals surface area contributed by atoms with E-state index in [2.05, 4.69) is 4.98 Å². The number of rotatable bonds is 2. The molecule has 0 atom stereocenters. The molecule has 0 radical (unpaired) electrons. The van der Waals surface area contributed by atoms with Gasteiger partial charge in [0.25, 0.3) is 6.26 Å². The Balaban J connectivity index is 0.000000774. The highest BCUT2D eigenvalue weighted by Crippen LogP contribution is 2.40. The Hall–Kier alpha value is -2.41. The van der Waals surface area contributed by atoms with Crippen LogP contribution in [-0.4, -0.2) is 4.98 Å². The molecule has 0 spiro atoms. The predicted octanol–water partition coefficient (Wildman–Crippen LogP) is 4.26. The van der Waals surface area contributed by atoms with Gasteiger partial charge in [0.05, 0.1) is 0 Å². The fourth-order valence-electron chi connectivity index (χ4n) is 2.61. The van der Waals surface area contributed by atoms with E-state index in [9.17, 15) is 4.39 Å². The molecule has 3 nitrogen and oxygen atoms in total. The van der Waals surface area contributed by atoms with Crippen molar-refractivity contribution in [2.24, 2.45) is 0 Å². The first kappa shape index (κ1) is 15.0. The Bertz CT molecular complexity index is 663. The average molecular weight is 284 g/mol. The lowest BCUT2D eigenvalue weighted by molar-refractivity contribution is 0.500. The van der Waals surface area contributed by atoms with E-state index in [1.54, 1.807) is 30.8 Å². The van der Waals surface area contributed by atoms with Crippen LogP contribution >= 0.6 is 0 Å². The van der Waals surface area contributed by atoms with E-state index < -0.39 is 0 Å². The number of nitriles is 1. The molecule has 0 saturated heterocycles. The molecule has 3 rings (SSSR count). The smallest absolute Gasteiger partial charge is 0.292 e. The van der Waals surface area contributed by atoms with Gasteiger partial charge in [0.1, 0.15) is 5.82 Å². The van der Waals surface area contributed by atoms with Crippen LogP contribution in [0.3, 0.4) is 0 Å². The molecule has 0 fully saturated rings. The van der Waals surface area contributed by atoms with Crippen molar-refractivity contribution >= 4 is 0 Å². The highest BCUT2D eigenvalue weighted by Gasteiger charge is 2.24. The van der Waals surface area contributed by atoms with E-state index in [4.69, 9.17) is 10.00 Å². The summed E-state index contributed by atoms with van der Waals surface area (Å²) in [7, 11) is 0. The molecule has 21 heavy (non-hydrogen) atoms. The third-order valence-electron chi connectivity index (χ3n) is 3.43. The summed E-state index contributed by atoms with van der Waals surface area (Å²) in [5, 5.41) is 8.81. The third-order valence-corrected chi connectivity index (χ3v) is 3.43. The van der Waals surface area contributed by atoms with E-state index in [0.717, 1.165) is 24.0 Å². The maximum Gasteiger partial charge on any atom is 0.292 e. The van der Waals surface area contributed by atoms with Crippen LogP contribution in [0, 0.1) is 17.3 Å². The number of benzene rings is 1. The molecule has 4 heteroatoms. The van der Waals surface area contributed by atoms with Gasteiger partial charge in [-0.25, -0.2) is 4.39 Å². The molecule has 0 amide bonds. The van der Waals surface area contributed by atoms with Gasteiger partial charge >= 0.3 is 0 Å². The SMILES string of the molecule is CC.N#COc1c(-c2ccncc2)cc(F)c2c1CCC2. The molecular formula is C17H17FN2O. The van der Waals surface area contributed by atoms with Crippen molar-refractivity contribution in [3.63, 3.8) is 0 Å². The summed E-state index contributed by atoms with van der Waals surface area (Å²) >= 11 is 0. The van der Waals surface area contributed by atoms with Crippen molar-refractivity contribution < 1.29 is 9.13 Å². The minimum atomic E-state index is -0.218. The van der Waals surface area contributed by atoms with Gasteiger partial charge in [-0.15, -0.1) is 5.26 Å². The molecule has 1 aromatic carbocycles. The zero-order valence-electron chi connectivity index (χ0n) is 12.2. The molecule has 1 heterocycles. The Morgan fingerprint density at radius 1 is 1.19 bits per heavy atom. The van der Waals surface area contributed by atoms with Gasteiger partial charge in [-0.3, -0.25) is 4.98 Å². The lowest BCUT2D eigenvalue weighted by Gasteiger charge is -2.12. The Morgan fingerprint density at radius 2 is 1.86 bits per heavy atom. The van der Waals surface area contributed by atoms with Gasteiger partial charge in [-0.1, -0.05) is 13.8 Å². The molecule has 1 aliphatic rings. The zero-order valence-corrected chi connectivity index (χ0v) is 12.2. The van der Waals surface area contributed by atoms with Crippen LogP contribution in [0.1, 0.15) is 31.4 Å². The lowest BCUT2D eigenvalue weighted by Crippen LogP contribution is -1.97. The molecule has 0 aliphatic heterocycles. The summed E-state index contributed by atoms with van der Waals surface area (Å²) in [6.45, 7) is 4.00. The lowest BCUT2D eigenvalue weighted by atomic mass is 9.99. The first-order valence-electron chi connectivity index (χ1n) is 7.12. The summed E-state index contributed by atoms with van der Waals surface area (Å²) in [5.41, 5.74) is 2.92. The van der Waals surface area contributed by atoms with Crippen LogP contribution in [0.15, 0.2) is 30.6 Å². The summed E-state index contributed by atoms with van der Waals surface area (Å²) < 4.78 is 19.2. The Morgan fingerprint density at radius 3 is 2.52 bits per heavy atom. The average Bonchev–Trinajstić information content (AvgIpc) is 3.03. The van der Waals surface area contributed by atoms with Crippen molar-refractivity contribution in [1.29, 1.82) is 5.26 Å². The standard InChI is InChI=1S/C15H11FN2O.C2H6/c16-14-8-13(10-4-6-18-7-5-10)15(19-9-17)12-3-1-2-11(12)14;1-2/h4-8H,1-3H2;1-2H3. The summed E-state index contributed by atoms with van der Waals surface area (Å²) in [4.78, 5) is 3.94. The van der Waals surface area contributed by atoms with Gasteiger partial charge in [0.15, 0.2) is 5.75 Å². The fraction of sp³-hybridized carbons (Fsp3) is 0.294. The highest BCUT2D eigenvalue weighted by atomic mass is 19.1. The normalized spacial score (nSPS) is 11.9. The van der Waals surface area contributed by atoms with Crippen LogP contribution in [0.25, 0.3) is 11.1 Å². The van der Waals surface area contributed by atoms with E-state index in [0.29, 0.717) is 23.3 Å². The molecule has 108 valence electrons. The molecule has 0 N–H and O–H groups in total. The topological polar surface area (TPSA) is 45.9 Å². The van der Waals surface area contributed by atoms with Gasteiger partial charge in [0, 0.05) is 23.5 Å². The molecule has 0 unspecified atom stereocenters. The van der Waals surface area contributed by atoms with Crippen LogP contribution < -0.4 is 4.74 Å². The maximum absolute atomic E-state index is 14.1. The Kier molecular flexibility index (Phi) is 4.89. The minimum Gasteiger partial charge on any atom is -0.387 e. The van der Waals surface area contributed by atoms with E-state index >= 15 is 0 Å². The van der Waals surface area contributed by atoms with Crippen LogP contribution in [-0.2, 0) is 12.8 Å². The molecule has 0 saturated carbocycles. The minimum absolute atomic E-state index is 0.218. The van der Waals surface area contributed by atoms with Crippen LogP contribution in [0.5, 0.6) is 5.75 Å². The number of pyridine rings is 1. The number of fused-ring (bicyclic) bond motifs is 1. The van der Waals surface area contributed by atoms with E-state index in [-0.39, 0.29) is 5.82 Å². The number of nitrogens with zero attached hydrogens (tertiary/aromatic N) is 2. The van der Waals surface area contributed by atoms with Crippen molar-refractivity contribution in [2.75, 3.05) is 0 Å². The van der Waals surface area contributed by atoms with Crippen molar-refractivity contribution in [1.82, 2.24) is 4.98 Å². The van der Waals surface area contributed by atoms with Crippen LogP contribution in [0.4, 0.5) is 4.39 Å². The number of hydrogen-bond acceptors (Lipinski definition) is 3. The molecule has 1 aromatic heterocycles. The molecule has 0 bridgehead atoms. The van der Waals surface area contributed by atoms with Gasteiger partial charge in [0.2, 0.25) is 0 Å². The maximum atomic E-state index is 14.1. The van der Waals surface area contributed by atoms with Crippen LogP contribution in [0.2, 0.25) is 0 Å². The summed E-state index contributed by atoms with van der Waals surface area (Å²) in [6.07, 6.45) is 7.33. The van der Waals surface area contributed by atoms with Gasteiger partial charge < -0.3 is 4.74 Å². The van der Waals surface area contributed by atoms with E-state index in [1.165, 1.54) is 6.07 Å². The second-order valence-electron chi connectivity index (χ2n) is 4.47. The molecule has 1 aliphatic carbocycles. The second kappa shape index (κ2) is 6.85. The van der Waals surface area contributed by atoms with Gasteiger partial charge in [-0.2, -0.15) is 0 Å². The zero-order chi connectivity index (χ0) is 15.2. The molecular weight excluding hydrogens is 267 g/mol. The molecule has 2 aromatic rings. The highest BCUT2D eigenvalue weighted by molar-refractivity contribution is 5.73. The quantitative estimate of drug-likeness (QED) is 0.774. The van der Waals surface area contributed by atoms with E-state index in [1.807, 2.05) is 13.8 Å². The number of halogens is 1. The fourth-order valence-corrected chi connectivity index (χ4v) is 2.61. The first-order chi connectivity index (χ1) is 10.3. The van der Waals surface area contributed by atoms with Crippen molar-refractivity contribution in [3.8, 4) is 23.1 Å². The first-order valence-corrected chi connectivity index (χ1v) is 7.12.